The average molecular weight is 492 g/mol. The Morgan fingerprint density at radius 3 is 2.00 bits per heavy atom. The minimum atomic E-state index is -1.40. The summed E-state index contributed by atoms with van der Waals surface area (Å²) in [5, 5.41) is 26.4. The van der Waals surface area contributed by atoms with Crippen molar-refractivity contribution >= 4 is 42.3 Å². The fourth-order valence-corrected chi connectivity index (χ4v) is 2.99. The molecule has 0 spiro atoms. The van der Waals surface area contributed by atoms with E-state index in [2.05, 4.69) is 33.6 Å². The van der Waals surface area contributed by atoms with E-state index in [4.69, 9.17) is 17.2 Å². The van der Waals surface area contributed by atoms with Gasteiger partial charge in [-0.1, -0.05) is 13.8 Å². The lowest BCUT2D eigenvalue weighted by Gasteiger charge is -2.26. The van der Waals surface area contributed by atoms with Gasteiger partial charge < -0.3 is 43.4 Å². The van der Waals surface area contributed by atoms with E-state index in [1.165, 1.54) is 6.92 Å². The summed E-state index contributed by atoms with van der Waals surface area (Å²) in [6, 6.07) is -4.71. The first-order chi connectivity index (χ1) is 15.3. The third-order valence-electron chi connectivity index (χ3n) is 4.50. The molecule has 0 aromatic carbocycles. The highest BCUT2D eigenvalue weighted by molar-refractivity contribution is 7.80. The molecule has 14 heteroatoms. The number of carboxylic acid groups (broad SMARTS) is 1. The van der Waals surface area contributed by atoms with Crippen molar-refractivity contribution in [2.75, 3.05) is 12.3 Å². The number of amides is 3. The van der Waals surface area contributed by atoms with Gasteiger partial charge in [-0.2, -0.15) is 12.6 Å². The molecular formula is C19H37N7O6S. The van der Waals surface area contributed by atoms with Gasteiger partial charge in [0.15, 0.2) is 5.96 Å². The smallest absolute Gasteiger partial charge is 0.326 e. The number of aliphatic carboxylic acids is 1. The van der Waals surface area contributed by atoms with Gasteiger partial charge in [-0.15, -0.1) is 0 Å². The molecule has 3 amide bonds. The van der Waals surface area contributed by atoms with Crippen molar-refractivity contribution in [2.24, 2.45) is 28.1 Å². The number of rotatable bonds is 15. The number of aliphatic imine (C=N–C) groups is 1. The lowest BCUT2D eigenvalue weighted by molar-refractivity contribution is -0.142. The molecule has 5 unspecified atom stereocenters. The number of carbonyl (C=O) groups excluding carboxylic acids is 3. The molecule has 0 heterocycles. The van der Waals surface area contributed by atoms with Crippen LogP contribution in [0.1, 0.15) is 40.0 Å². The Hall–Kier alpha value is -2.58. The first-order valence-electron chi connectivity index (χ1n) is 10.5. The fraction of sp³-hybridized carbons (Fsp3) is 0.737. The highest BCUT2D eigenvalue weighted by atomic mass is 32.1. The predicted octanol–water partition coefficient (Wildman–Crippen LogP) is -2.74. The van der Waals surface area contributed by atoms with Crippen LogP contribution in [0.5, 0.6) is 0 Å². The van der Waals surface area contributed by atoms with Crippen LogP contribution >= 0.6 is 12.6 Å². The van der Waals surface area contributed by atoms with E-state index in [9.17, 15) is 29.4 Å². The normalized spacial score (nSPS) is 15.5. The number of carboxylic acids is 1. The van der Waals surface area contributed by atoms with Crippen molar-refractivity contribution in [2.45, 2.75) is 70.3 Å². The molecule has 0 aliphatic rings. The number of hydrogen-bond acceptors (Lipinski definition) is 8. The summed E-state index contributed by atoms with van der Waals surface area (Å²) in [5.41, 5.74) is 16.2. The minimum absolute atomic E-state index is 0.00829. The monoisotopic (exact) mass is 491 g/mol. The van der Waals surface area contributed by atoms with Crippen molar-refractivity contribution in [1.82, 2.24) is 16.0 Å². The van der Waals surface area contributed by atoms with Gasteiger partial charge >= 0.3 is 5.97 Å². The van der Waals surface area contributed by atoms with Gasteiger partial charge in [0.1, 0.15) is 18.1 Å². The Kier molecular flexibility index (Phi) is 14.1. The summed E-state index contributed by atoms with van der Waals surface area (Å²) in [5.74, 6) is -3.71. The molecule has 0 saturated heterocycles. The maximum atomic E-state index is 12.6. The third kappa shape index (κ3) is 12.3. The highest BCUT2D eigenvalue weighted by Crippen LogP contribution is 2.06. The van der Waals surface area contributed by atoms with E-state index < -0.39 is 54.0 Å². The molecular weight excluding hydrogens is 454 g/mol. The van der Waals surface area contributed by atoms with Crippen LogP contribution < -0.4 is 33.2 Å². The van der Waals surface area contributed by atoms with Crippen molar-refractivity contribution in [3.8, 4) is 0 Å². The van der Waals surface area contributed by atoms with Crippen LogP contribution in [-0.4, -0.2) is 82.4 Å². The second kappa shape index (κ2) is 15.3. The number of thiol groups is 1. The maximum absolute atomic E-state index is 12.6. The summed E-state index contributed by atoms with van der Waals surface area (Å²) >= 11 is 4.04. The number of nitrogens with zero attached hydrogens (tertiary/aromatic N) is 1. The van der Waals surface area contributed by atoms with Crippen LogP contribution in [0, 0.1) is 5.92 Å². The molecule has 33 heavy (non-hydrogen) atoms. The molecule has 13 nitrogen and oxygen atoms in total. The number of nitrogens with two attached hydrogens (primary N) is 3. The Labute approximate surface area is 198 Å². The molecule has 0 saturated carbocycles. The van der Waals surface area contributed by atoms with Crippen molar-refractivity contribution in [3.05, 3.63) is 0 Å². The second-order valence-electron chi connectivity index (χ2n) is 8.05. The first kappa shape index (κ1) is 30.4. The molecule has 5 atom stereocenters. The topological polar surface area (TPSA) is 235 Å². The van der Waals surface area contributed by atoms with E-state index in [-0.39, 0.29) is 37.0 Å². The van der Waals surface area contributed by atoms with E-state index in [1.807, 2.05) is 13.8 Å². The molecule has 0 aliphatic carbocycles. The second-order valence-corrected chi connectivity index (χ2v) is 8.42. The summed E-state index contributed by atoms with van der Waals surface area (Å²) in [4.78, 5) is 52.6. The summed E-state index contributed by atoms with van der Waals surface area (Å²) < 4.78 is 0. The van der Waals surface area contributed by atoms with Gasteiger partial charge in [0.05, 0.1) is 12.1 Å². The Morgan fingerprint density at radius 2 is 1.55 bits per heavy atom. The fourth-order valence-electron chi connectivity index (χ4n) is 2.74. The molecule has 0 aromatic rings. The van der Waals surface area contributed by atoms with E-state index in [1.54, 1.807) is 0 Å². The first-order valence-corrected chi connectivity index (χ1v) is 11.2. The number of nitrogens with one attached hydrogen (secondary N) is 3. The van der Waals surface area contributed by atoms with Crippen LogP contribution in [0.25, 0.3) is 0 Å². The lowest BCUT2D eigenvalue weighted by Crippen LogP contribution is -2.60. The van der Waals surface area contributed by atoms with Crippen molar-refractivity contribution in [3.63, 3.8) is 0 Å². The van der Waals surface area contributed by atoms with Crippen LogP contribution in [-0.2, 0) is 19.2 Å². The molecule has 190 valence electrons. The molecule has 0 aliphatic heterocycles. The lowest BCUT2D eigenvalue weighted by atomic mass is 10.0. The number of aliphatic hydroxyl groups is 1. The van der Waals surface area contributed by atoms with Gasteiger partial charge in [-0.05, 0) is 32.1 Å². The zero-order valence-corrected chi connectivity index (χ0v) is 20.0. The number of guanidine groups is 1. The van der Waals surface area contributed by atoms with Crippen LogP contribution in [0.3, 0.4) is 0 Å². The van der Waals surface area contributed by atoms with Crippen LogP contribution in [0.15, 0.2) is 4.99 Å². The molecule has 11 N–H and O–H groups in total. The van der Waals surface area contributed by atoms with E-state index in [0.717, 1.165) is 0 Å². The highest BCUT2D eigenvalue weighted by Gasteiger charge is 2.32. The largest absolute Gasteiger partial charge is 0.480 e. The van der Waals surface area contributed by atoms with Gasteiger partial charge in [-0.3, -0.25) is 19.4 Å². The van der Waals surface area contributed by atoms with Crippen molar-refractivity contribution < 1.29 is 29.4 Å². The van der Waals surface area contributed by atoms with Gasteiger partial charge in [-0.25, -0.2) is 4.79 Å². The Balaban J connectivity index is 5.06. The quantitative estimate of drug-likeness (QED) is 0.0499. The zero-order chi connectivity index (χ0) is 25.7. The summed E-state index contributed by atoms with van der Waals surface area (Å²) in [6.45, 7) is 5.17. The standard InChI is InChI=1S/C19H37N7O6S/c1-9(2)7-12(18(31)32)24-16(29)13(8-33)25-17(30)14(10(3)27)26-15(28)11(20)5-4-6-23-19(21)22/h9-14,27,33H,4-8,20H2,1-3H3,(H,24,29)(H,25,30)(H,26,28)(H,31,32)(H4,21,22,23). The Bertz CT molecular complexity index is 700. The molecule has 0 aromatic heterocycles. The van der Waals surface area contributed by atoms with Gasteiger partial charge in [0, 0.05) is 12.3 Å². The van der Waals surface area contributed by atoms with Gasteiger partial charge in [0.25, 0.3) is 0 Å². The van der Waals surface area contributed by atoms with Crippen molar-refractivity contribution in [1.29, 1.82) is 0 Å². The van der Waals surface area contributed by atoms with Crippen LogP contribution in [0.4, 0.5) is 0 Å². The summed E-state index contributed by atoms with van der Waals surface area (Å²) in [7, 11) is 0. The molecule has 0 fully saturated rings. The maximum Gasteiger partial charge on any atom is 0.326 e. The van der Waals surface area contributed by atoms with E-state index in [0.29, 0.717) is 6.42 Å². The van der Waals surface area contributed by atoms with Crippen LogP contribution in [0.2, 0.25) is 0 Å². The number of aliphatic hydroxyl groups excluding tert-OH is 1. The predicted molar refractivity (Wildman–Crippen MR) is 126 cm³/mol. The van der Waals surface area contributed by atoms with Gasteiger partial charge in [0.2, 0.25) is 17.7 Å². The SMILES string of the molecule is CC(C)CC(NC(=O)C(CS)NC(=O)C(NC(=O)C(N)CCCN=C(N)N)C(C)O)C(=O)O. The number of carbonyl (C=O) groups is 4. The molecule has 0 rings (SSSR count). The average Bonchev–Trinajstić information content (AvgIpc) is 2.71. The third-order valence-corrected chi connectivity index (χ3v) is 4.87. The summed E-state index contributed by atoms with van der Waals surface area (Å²) in [6.07, 6.45) is -0.465. The molecule has 0 bridgehead atoms. The zero-order valence-electron chi connectivity index (χ0n) is 19.2. The Morgan fingerprint density at radius 1 is 0.970 bits per heavy atom. The van der Waals surface area contributed by atoms with E-state index >= 15 is 0 Å². The number of hydrogen-bond donors (Lipinski definition) is 9. The molecule has 0 radical (unpaired) electrons. The minimum Gasteiger partial charge on any atom is -0.480 e.